The zero-order valence-corrected chi connectivity index (χ0v) is 9.57. The van der Waals surface area contributed by atoms with Crippen molar-refractivity contribution in [1.29, 1.82) is 0 Å². The van der Waals surface area contributed by atoms with Crippen LogP contribution in [0.25, 0.3) is 0 Å². The largest absolute Gasteiger partial charge is 0.379 e. The van der Waals surface area contributed by atoms with Gasteiger partial charge in [0.15, 0.2) is 0 Å². The van der Waals surface area contributed by atoms with Crippen molar-refractivity contribution in [2.24, 2.45) is 0 Å². The van der Waals surface area contributed by atoms with Crippen molar-refractivity contribution in [1.82, 2.24) is 9.80 Å². The minimum Gasteiger partial charge on any atom is -0.379 e. The third-order valence-corrected chi connectivity index (χ3v) is 3.65. The Morgan fingerprint density at radius 2 is 1.93 bits per heavy atom. The first-order chi connectivity index (χ1) is 6.70. The molecule has 3 heteroatoms. The number of likely N-dealkylation sites (tertiary alicyclic amines) is 2. The molecule has 0 aromatic heterocycles. The highest BCUT2D eigenvalue weighted by Gasteiger charge is 2.36. The van der Waals surface area contributed by atoms with Gasteiger partial charge < -0.3 is 4.74 Å². The van der Waals surface area contributed by atoms with Crippen molar-refractivity contribution in [2.75, 3.05) is 33.3 Å². The maximum atomic E-state index is 5.29. The molecule has 82 valence electrons. The number of methoxy groups -OCH3 is 1. The molecule has 2 fully saturated rings. The summed E-state index contributed by atoms with van der Waals surface area (Å²) in [5.74, 6) is 0. The van der Waals surface area contributed by atoms with E-state index in [4.69, 9.17) is 4.74 Å². The first kappa shape index (κ1) is 10.4. The second-order valence-electron chi connectivity index (χ2n) is 4.84. The normalized spacial score (nSPS) is 31.3. The summed E-state index contributed by atoms with van der Waals surface area (Å²) in [5.41, 5.74) is 0. The van der Waals surface area contributed by atoms with Crippen molar-refractivity contribution in [3.05, 3.63) is 0 Å². The smallest absolute Gasteiger partial charge is 0.0825 e. The molecule has 0 saturated carbocycles. The minimum absolute atomic E-state index is 0.503. The molecular weight excluding hydrogens is 176 g/mol. The van der Waals surface area contributed by atoms with Gasteiger partial charge in [-0.15, -0.1) is 0 Å². The molecule has 2 heterocycles. The lowest BCUT2D eigenvalue weighted by molar-refractivity contribution is -0.0487. The molecule has 0 bridgehead atoms. The van der Waals surface area contributed by atoms with E-state index < -0.39 is 0 Å². The van der Waals surface area contributed by atoms with Crippen LogP contribution in [0.4, 0.5) is 0 Å². The fraction of sp³-hybridized carbons (Fsp3) is 1.00. The predicted octanol–water partition coefficient (Wildman–Crippen LogP) is 0.800. The summed E-state index contributed by atoms with van der Waals surface area (Å²) in [6.45, 7) is 9.40. The van der Waals surface area contributed by atoms with Crippen LogP contribution in [0.3, 0.4) is 0 Å². The van der Waals surface area contributed by atoms with Gasteiger partial charge in [-0.3, -0.25) is 9.80 Å². The summed E-state index contributed by atoms with van der Waals surface area (Å²) in [5, 5.41) is 0. The molecule has 2 saturated heterocycles. The summed E-state index contributed by atoms with van der Waals surface area (Å²) in [4.78, 5) is 5.14. The molecule has 3 nitrogen and oxygen atoms in total. The highest BCUT2D eigenvalue weighted by Crippen LogP contribution is 2.23. The summed E-state index contributed by atoms with van der Waals surface area (Å²) in [6.07, 6.45) is 1.84. The van der Waals surface area contributed by atoms with Crippen molar-refractivity contribution >= 4 is 0 Å². The maximum Gasteiger partial charge on any atom is 0.0825 e. The number of hydrogen-bond donors (Lipinski definition) is 0. The van der Waals surface area contributed by atoms with E-state index in [1.165, 1.54) is 19.5 Å². The first-order valence-corrected chi connectivity index (χ1v) is 5.71. The zero-order valence-electron chi connectivity index (χ0n) is 9.57. The SMILES string of the molecule is COC1CN([C@@H]2CCN(C(C)C)C2)C1. The lowest BCUT2D eigenvalue weighted by Gasteiger charge is -2.42. The van der Waals surface area contributed by atoms with Crippen molar-refractivity contribution in [2.45, 2.75) is 38.5 Å². The number of hydrogen-bond acceptors (Lipinski definition) is 3. The Labute approximate surface area is 87.0 Å². The third kappa shape index (κ3) is 1.95. The van der Waals surface area contributed by atoms with E-state index in [9.17, 15) is 0 Å². The molecule has 0 aromatic carbocycles. The third-order valence-electron chi connectivity index (χ3n) is 3.65. The molecule has 2 aliphatic heterocycles. The Morgan fingerprint density at radius 3 is 2.43 bits per heavy atom. The standard InChI is InChI=1S/C11H22N2O/c1-9(2)12-5-4-10(6-12)13-7-11(8-13)14-3/h9-11H,4-8H2,1-3H3/t10-/m1/s1. The maximum absolute atomic E-state index is 5.29. The van der Waals surface area contributed by atoms with Gasteiger partial charge in [0.25, 0.3) is 0 Å². The lowest BCUT2D eigenvalue weighted by atomic mass is 10.1. The van der Waals surface area contributed by atoms with E-state index in [0.717, 1.165) is 19.1 Å². The van der Waals surface area contributed by atoms with Crippen LogP contribution >= 0.6 is 0 Å². The van der Waals surface area contributed by atoms with E-state index >= 15 is 0 Å². The van der Waals surface area contributed by atoms with Gasteiger partial charge in [0.1, 0.15) is 0 Å². The topological polar surface area (TPSA) is 15.7 Å². The summed E-state index contributed by atoms with van der Waals surface area (Å²) in [6, 6.07) is 1.50. The second kappa shape index (κ2) is 4.17. The summed E-state index contributed by atoms with van der Waals surface area (Å²) < 4.78 is 5.29. The molecule has 0 aliphatic carbocycles. The average molecular weight is 198 g/mol. The van der Waals surface area contributed by atoms with Crippen LogP contribution in [0, 0.1) is 0 Å². The number of nitrogens with zero attached hydrogens (tertiary/aromatic N) is 2. The second-order valence-corrected chi connectivity index (χ2v) is 4.84. The highest BCUT2D eigenvalue weighted by atomic mass is 16.5. The van der Waals surface area contributed by atoms with Gasteiger partial charge in [0.2, 0.25) is 0 Å². The van der Waals surface area contributed by atoms with E-state index in [1.54, 1.807) is 0 Å². The number of ether oxygens (including phenoxy) is 1. The molecule has 0 spiro atoms. The van der Waals surface area contributed by atoms with E-state index in [-0.39, 0.29) is 0 Å². The highest BCUT2D eigenvalue weighted by molar-refractivity contribution is 4.92. The fourth-order valence-corrected chi connectivity index (χ4v) is 2.45. The van der Waals surface area contributed by atoms with Gasteiger partial charge in [-0.1, -0.05) is 0 Å². The van der Waals surface area contributed by atoms with Gasteiger partial charge in [-0.2, -0.15) is 0 Å². The zero-order chi connectivity index (χ0) is 10.1. The van der Waals surface area contributed by atoms with Crippen LogP contribution in [-0.2, 0) is 4.74 Å². The van der Waals surface area contributed by atoms with Gasteiger partial charge in [-0.25, -0.2) is 0 Å². The molecule has 0 N–H and O–H groups in total. The molecular formula is C11H22N2O. The molecule has 2 aliphatic rings. The van der Waals surface area contributed by atoms with E-state index in [0.29, 0.717) is 12.1 Å². The Kier molecular flexibility index (Phi) is 3.10. The Hall–Kier alpha value is -0.120. The molecule has 0 amide bonds. The van der Waals surface area contributed by atoms with Crippen molar-refractivity contribution in [3.8, 4) is 0 Å². The van der Waals surface area contributed by atoms with Gasteiger partial charge in [0.05, 0.1) is 6.10 Å². The van der Waals surface area contributed by atoms with Gasteiger partial charge >= 0.3 is 0 Å². The Balaban J connectivity index is 1.74. The average Bonchev–Trinajstić information content (AvgIpc) is 2.51. The lowest BCUT2D eigenvalue weighted by Crippen LogP contribution is -2.56. The molecule has 0 aromatic rings. The summed E-state index contributed by atoms with van der Waals surface area (Å²) in [7, 11) is 1.82. The first-order valence-electron chi connectivity index (χ1n) is 5.71. The van der Waals surface area contributed by atoms with E-state index in [1.807, 2.05) is 7.11 Å². The molecule has 0 radical (unpaired) electrons. The van der Waals surface area contributed by atoms with Gasteiger partial charge in [-0.05, 0) is 20.3 Å². The van der Waals surface area contributed by atoms with Crippen molar-refractivity contribution < 1.29 is 4.74 Å². The molecule has 14 heavy (non-hydrogen) atoms. The van der Waals surface area contributed by atoms with Crippen LogP contribution in [0.15, 0.2) is 0 Å². The van der Waals surface area contributed by atoms with Crippen LogP contribution in [0.2, 0.25) is 0 Å². The number of rotatable bonds is 3. The summed E-state index contributed by atoms with van der Waals surface area (Å²) >= 11 is 0. The van der Waals surface area contributed by atoms with Crippen LogP contribution in [-0.4, -0.2) is 61.3 Å². The Morgan fingerprint density at radius 1 is 1.21 bits per heavy atom. The minimum atomic E-state index is 0.503. The monoisotopic (exact) mass is 198 g/mol. The van der Waals surface area contributed by atoms with Crippen LogP contribution in [0.5, 0.6) is 0 Å². The Bertz CT molecular complexity index is 190. The van der Waals surface area contributed by atoms with Crippen LogP contribution in [0.1, 0.15) is 20.3 Å². The quantitative estimate of drug-likeness (QED) is 0.667. The molecule has 0 unspecified atom stereocenters. The fourth-order valence-electron chi connectivity index (χ4n) is 2.45. The van der Waals surface area contributed by atoms with E-state index in [2.05, 4.69) is 23.6 Å². The molecule has 2 rings (SSSR count). The van der Waals surface area contributed by atoms with Crippen molar-refractivity contribution in [3.63, 3.8) is 0 Å². The molecule has 1 atom stereocenters. The van der Waals surface area contributed by atoms with Gasteiger partial charge in [0, 0.05) is 45.4 Å². The van der Waals surface area contributed by atoms with Crippen LogP contribution < -0.4 is 0 Å². The predicted molar refractivity (Wildman–Crippen MR) is 57.5 cm³/mol.